The van der Waals surface area contributed by atoms with E-state index in [0.717, 1.165) is 0 Å². The van der Waals surface area contributed by atoms with Gasteiger partial charge in [0.05, 0.1) is 6.10 Å². The Morgan fingerprint density at radius 3 is 1.65 bits per heavy atom. The van der Waals surface area contributed by atoms with Crippen molar-refractivity contribution < 1.29 is 24.1 Å². The van der Waals surface area contributed by atoms with Crippen LogP contribution in [0.1, 0.15) is 66.2 Å². The molecule has 120 valence electrons. The summed E-state index contributed by atoms with van der Waals surface area (Å²) in [5.41, 5.74) is -0.964. The second-order valence-electron chi connectivity index (χ2n) is 5.80. The zero-order valence-electron chi connectivity index (χ0n) is 12.9. The second-order valence-corrected chi connectivity index (χ2v) is 6.99. The van der Waals surface area contributed by atoms with Gasteiger partial charge in [0, 0.05) is 11.1 Å². The highest BCUT2D eigenvalue weighted by Crippen LogP contribution is 2.49. The first-order valence-electron chi connectivity index (χ1n) is 7.41. The van der Waals surface area contributed by atoms with Crippen LogP contribution in [0.5, 0.6) is 0 Å². The molecule has 0 bridgehead atoms. The molecule has 1 fully saturated rings. The van der Waals surface area contributed by atoms with Crippen LogP contribution in [0, 0.1) is 0 Å². The van der Waals surface area contributed by atoms with Gasteiger partial charge in [-0.3, -0.25) is 4.52 Å². The molecule has 0 aliphatic carbocycles. The van der Waals surface area contributed by atoms with Gasteiger partial charge < -0.3 is 15.0 Å². The van der Waals surface area contributed by atoms with E-state index in [9.17, 15) is 9.77 Å². The summed E-state index contributed by atoms with van der Waals surface area (Å²) in [7, 11) is -4.51. The minimum Gasteiger partial charge on any atom is -0.313 e. The zero-order chi connectivity index (χ0) is 15.6. The lowest BCUT2D eigenvalue weighted by atomic mass is 9.72. The van der Waals surface area contributed by atoms with E-state index >= 15 is 0 Å². The molecule has 1 heterocycles. The Labute approximate surface area is 121 Å². The maximum atomic E-state index is 11.2. The van der Waals surface area contributed by atoms with Crippen LogP contribution in [0.25, 0.3) is 0 Å². The molecule has 0 unspecified atom stereocenters. The van der Waals surface area contributed by atoms with E-state index < -0.39 is 25.0 Å². The Hall–Kier alpha value is 0.0300. The molecule has 3 N–H and O–H groups in total. The van der Waals surface area contributed by atoms with E-state index in [4.69, 9.17) is 14.3 Å². The molecular formula is C13H28NO5P. The summed E-state index contributed by atoms with van der Waals surface area (Å²) < 4.78 is 16.1. The molecule has 1 rings (SSSR count). The van der Waals surface area contributed by atoms with Crippen molar-refractivity contribution >= 4 is 7.82 Å². The highest BCUT2D eigenvalue weighted by atomic mass is 31.2. The number of phosphoric acid groups is 1. The van der Waals surface area contributed by atoms with Crippen LogP contribution in [0.2, 0.25) is 0 Å². The van der Waals surface area contributed by atoms with Gasteiger partial charge in [0.2, 0.25) is 0 Å². The predicted octanol–water partition coefficient (Wildman–Crippen LogP) is 3.07. The Morgan fingerprint density at radius 2 is 1.40 bits per heavy atom. The van der Waals surface area contributed by atoms with Crippen LogP contribution in [0.3, 0.4) is 0 Å². The fraction of sp³-hybridized carbons (Fsp3) is 1.00. The van der Waals surface area contributed by atoms with Gasteiger partial charge in [0.1, 0.15) is 0 Å². The summed E-state index contributed by atoms with van der Waals surface area (Å²) in [5.74, 6) is 0. The summed E-state index contributed by atoms with van der Waals surface area (Å²) in [6.07, 6.45) is 3.18. The van der Waals surface area contributed by atoms with Gasteiger partial charge in [0.25, 0.3) is 0 Å². The summed E-state index contributed by atoms with van der Waals surface area (Å²) in [4.78, 5) is 18.2. The number of piperidine rings is 1. The van der Waals surface area contributed by atoms with Crippen molar-refractivity contribution in [3.05, 3.63) is 0 Å². The Balaban J connectivity index is 3.13. The van der Waals surface area contributed by atoms with Gasteiger partial charge in [-0.05, 0) is 38.5 Å². The van der Waals surface area contributed by atoms with Crippen molar-refractivity contribution in [2.75, 3.05) is 0 Å². The molecule has 0 aromatic heterocycles. The van der Waals surface area contributed by atoms with Gasteiger partial charge in [0.15, 0.2) is 0 Å². The fourth-order valence-electron chi connectivity index (χ4n) is 3.54. The second kappa shape index (κ2) is 6.42. The third kappa shape index (κ3) is 3.43. The first kappa shape index (κ1) is 18.1. The predicted molar refractivity (Wildman–Crippen MR) is 76.4 cm³/mol. The molecule has 0 saturated carbocycles. The number of hydrogen-bond donors (Lipinski definition) is 3. The lowest BCUT2D eigenvalue weighted by Crippen LogP contribution is -2.64. The summed E-state index contributed by atoms with van der Waals surface area (Å²) in [6.45, 7) is 7.96. The smallest absolute Gasteiger partial charge is 0.313 e. The van der Waals surface area contributed by atoms with E-state index in [1.54, 1.807) is 0 Å². The van der Waals surface area contributed by atoms with Crippen LogP contribution >= 0.6 is 7.82 Å². The monoisotopic (exact) mass is 309 g/mol. The number of rotatable bonds is 6. The summed E-state index contributed by atoms with van der Waals surface area (Å²) in [6, 6.07) is 0. The highest BCUT2D eigenvalue weighted by molar-refractivity contribution is 7.46. The van der Waals surface area contributed by atoms with Crippen molar-refractivity contribution in [3.8, 4) is 0 Å². The van der Waals surface area contributed by atoms with Crippen molar-refractivity contribution in [1.29, 1.82) is 0 Å². The highest BCUT2D eigenvalue weighted by Gasteiger charge is 2.52. The van der Waals surface area contributed by atoms with Gasteiger partial charge in [-0.25, -0.2) is 4.57 Å². The molecule has 0 atom stereocenters. The van der Waals surface area contributed by atoms with Crippen LogP contribution in [0.4, 0.5) is 0 Å². The molecule has 7 heteroatoms. The topological polar surface area (TPSA) is 90.2 Å². The maximum absolute atomic E-state index is 11.2. The molecule has 0 aromatic rings. The Kier molecular flexibility index (Phi) is 5.81. The summed E-state index contributed by atoms with van der Waals surface area (Å²) >= 11 is 0. The largest absolute Gasteiger partial charge is 0.469 e. The molecule has 0 radical (unpaired) electrons. The molecule has 6 nitrogen and oxygen atoms in total. The quantitative estimate of drug-likeness (QED) is 0.653. The van der Waals surface area contributed by atoms with Gasteiger partial charge in [-0.15, -0.1) is 0 Å². The van der Waals surface area contributed by atoms with Crippen LogP contribution in [0.15, 0.2) is 0 Å². The number of nitrogens with zero attached hydrogens (tertiary/aromatic N) is 1. The van der Waals surface area contributed by atoms with Crippen molar-refractivity contribution in [3.63, 3.8) is 0 Å². The van der Waals surface area contributed by atoms with E-state index in [1.807, 2.05) is 27.7 Å². The molecule has 0 aromatic carbocycles. The fourth-order valence-corrected chi connectivity index (χ4v) is 4.08. The van der Waals surface area contributed by atoms with Gasteiger partial charge >= 0.3 is 7.82 Å². The van der Waals surface area contributed by atoms with Crippen molar-refractivity contribution in [2.24, 2.45) is 0 Å². The molecule has 1 aliphatic rings. The minimum absolute atomic E-state index is 0.434. The third-order valence-corrected chi connectivity index (χ3v) is 5.61. The van der Waals surface area contributed by atoms with Gasteiger partial charge in [-0.1, -0.05) is 27.7 Å². The Morgan fingerprint density at radius 1 is 1.05 bits per heavy atom. The Bertz CT molecular complexity index is 340. The zero-order valence-corrected chi connectivity index (χ0v) is 13.8. The molecule has 1 saturated heterocycles. The number of phosphoric ester groups is 1. The van der Waals surface area contributed by atoms with E-state index in [2.05, 4.69) is 0 Å². The molecule has 0 amide bonds. The molecule has 1 aliphatic heterocycles. The van der Waals surface area contributed by atoms with E-state index in [1.165, 1.54) is 5.06 Å². The molecule has 0 spiro atoms. The average Bonchev–Trinajstić information content (AvgIpc) is 2.39. The van der Waals surface area contributed by atoms with Crippen LogP contribution in [-0.4, -0.2) is 37.2 Å². The first-order valence-corrected chi connectivity index (χ1v) is 8.94. The maximum Gasteiger partial charge on any atom is 0.469 e. The normalized spacial score (nSPS) is 23.9. The van der Waals surface area contributed by atoms with Gasteiger partial charge in [-0.2, -0.15) is 5.06 Å². The van der Waals surface area contributed by atoms with Crippen LogP contribution < -0.4 is 0 Å². The molecular weight excluding hydrogens is 281 g/mol. The molecule has 20 heavy (non-hydrogen) atoms. The lowest BCUT2D eigenvalue weighted by Gasteiger charge is -2.56. The van der Waals surface area contributed by atoms with Crippen molar-refractivity contribution in [1.82, 2.24) is 5.06 Å². The standard InChI is InChI=1S/C13H28NO5P/c1-5-12(6-2)9-11(19-20(16,17)18)10-13(7-3,8-4)14(12)15/h11,15H,5-10H2,1-4H3,(H2,16,17,18). The van der Waals surface area contributed by atoms with E-state index in [-0.39, 0.29) is 0 Å². The van der Waals surface area contributed by atoms with E-state index in [0.29, 0.717) is 38.5 Å². The number of hydrogen-bond acceptors (Lipinski definition) is 4. The SMILES string of the molecule is CCC1(CC)CC(OP(=O)(O)O)CC(CC)(CC)N1O. The number of hydroxylamine groups is 2. The minimum atomic E-state index is -4.51. The van der Waals surface area contributed by atoms with Crippen molar-refractivity contribution in [2.45, 2.75) is 83.4 Å². The van der Waals surface area contributed by atoms with Crippen LogP contribution in [-0.2, 0) is 9.09 Å². The third-order valence-electron chi connectivity index (χ3n) is 5.03. The lowest BCUT2D eigenvalue weighted by molar-refractivity contribution is -0.279. The first-order chi connectivity index (χ1) is 9.18. The summed E-state index contributed by atoms with van der Waals surface area (Å²) in [5, 5.41) is 12.2. The average molecular weight is 309 g/mol.